The summed E-state index contributed by atoms with van der Waals surface area (Å²) in [5.41, 5.74) is 0.261. The fourth-order valence-corrected chi connectivity index (χ4v) is 4.15. The first-order valence-electron chi connectivity index (χ1n) is 10.3. The molecular weight excluding hydrogens is 508 g/mol. The van der Waals surface area contributed by atoms with Crippen LogP contribution in [0.25, 0.3) is 0 Å². The molecule has 0 amide bonds. The van der Waals surface area contributed by atoms with Crippen molar-refractivity contribution in [3.05, 3.63) is 47.5 Å². The summed E-state index contributed by atoms with van der Waals surface area (Å²) < 4.78 is 51.3. The van der Waals surface area contributed by atoms with Gasteiger partial charge in [0.25, 0.3) is 0 Å². The second-order valence-corrected chi connectivity index (χ2v) is 9.00. The van der Waals surface area contributed by atoms with Gasteiger partial charge in [0.15, 0.2) is 17.6 Å². The second kappa shape index (κ2) is 9.53. The maximum atomic E-state index is 12.6. The topological polar surface area (TPSA) is 227 Å². The highest BCUT2D eigenvalue weighted by Crippen LogP contribution is 2.42. The Balaban J connectivity index is 1.51. The molecule has 0 unspecified atom stereocenters. The lowest BCUT2D eigenvalue weighted by Crippen LogP contribution is -2.61. The van der Waals surface area contributed by atoms with E-state index in [1.54, 1.807) is 0 Å². The third-order valence-corrected chi connectivity index (χ3v) is 5.90. The molecule has 0 radical (unpaired) electrons. The van der Waals surface area contributed by atoms with Crippen molar-refractivity contribution in [2.75, 3.05) is 0 Å². The number of rotatable bonds is 6. The number of aliphatic carboxylic acids is 1. The number of hydrogen-bond donors (Lipinski definition) is 6. The van der Waals surface area contributed by atoms with E-state index in [0.29, 0.717) is 5.56 Å². The lowest BCUT2D eigenvalue weighted by molar-refractivity contribution is -0.271. The Morgan fingerprint density at radius 3 is 2.28 bits per heavy atom. The van der Waals surface area contributed by atoms with E-state index in [1.165, 1.54) is 24.3 Å². The number of ketones is 1. The van der Waals surface area contributed by atoms with E-state index in [2.05, 4.69) is 4.18 Å². The smallest absolute Gasteiger partial charge is 0.446 e. The molecule has 2 aliphatic rings. The number of benzene rings is 2. The normalized spacial score (nSPS) is 28.1. The summed E-state index contributed by atoms with van der Waals surface area (Å²) in [6.07, 6.45) is -9.96. The van der Waals surface area contributed by atoms with Crippen LogP contribution in [0, 0.1) is 0 Å². The van der Waals surface area contributed by atoms with E-state index >= 15 is 0 Å². The zero-order valence-corrected chi connectivity index (χ0v) is 18.8. The second-order valence-electron chi connectivity index (χ2n) is 7.98. The molecule has 0 saturated carbocycles. The number of carboxylic acid groups (broad SMARTS) is 1. The Bertz CT molecular complexity index is 1270. The van der Waals surface area contributed by atoms with Crippen molar-refractivity contribution in [1.82, 2.24) is 0 Å². The molecule has 0 bridgehead atoms. The minimum absolute atomic E-state index is 0.0829. The number of carbonyl (C=O) groups is 2. The number of Topliss-reactive ketones (excluding diaryl/α,β-unsaturated/α-hetero) is 1. The zero-order valence-electron chi connectivity index (χ0n) is 18.0. The van der Waals surface area contributed by atoms with Crippen molar-refractivity contribution in [3.63, 3.8) is 0 Å². The molecule has 2 aliphatic heterocycles. The predicted molar refractivity (Wildman–Crippen MR) is 114 cm³/mol. The third-order valence-electron chi connectivity index (χ3n) is 5.49. The maximum absolute atomic E-state index is 12.6. The zero-order chi connectivity index (χ0) is 26.4. The van der Waals surface area contributed by atoms with E-state index < -0.39 is 70.5 Å². The first-order chi connectivity index (χ1) is 16.8. The average Bonchev–Trinajstić information content (AvgIpc) is 2.78. The molecular formula is C21H20O14S. The molecule has 4 rings (SSSR count). The van der Waals surface area contributed by atoms with Gasteiger partial charge in [-0.2, -0.15) is 8.42 Å². The molecule has 0 spiro atoms. The van der Waals surface area contributed by atoms with Gasteiger partial charge in [-0.15, -0.1) is 0 Å². The fraction of sp³-hybridized carbons (Fsp3) is 0.333. The Labute approximate surface area is 202 Å². The van der Waals surface area contributed by atoms with Crippen molar-refractivity contribution >= 4 is 22.2 Å². The van der Waals surface area contributed by atoms with Crippen LogP contribution in [0.3, 0.4) is 0 Å². The highest BCUT2D eigenvalue weighted by molar-refractivity contribution is 7.81. The Morgan fingerprint density at radius 1 is 1.00 bits per heavy atom. The molecule has 2 aromatic rings. The van der Waals surface area contributed by atoms with Crippen LogP contribution >= 0.6 is 0 Å². The van der Waals surface area contributed by atoms with E-state index in [-0.39, 0.29) is 23.5 Å². The van der Waals surface area contributed by atoms with Gasteiger partial charge in [-0.05, 0) is 17.7 Å². The lowest BCUT2D eigenvalue weighted by Gasteiger charge is -2.38. The summed E-state index contributed by atoms with van der Waals surface area (Å²) in [5, 5.41) is 48.9. The molecule has 6 N–H and O–H groups in total. The van der Waals surface area contributed by atoms with Crippen LogP contribution in [-0.4, -0.2) is 81.0 Å². The number of ether oxygens (including phenoxy) is 3. The highest BCUT2D eigenvalue weighted by Gasteiger charge is 2.48. The van der Waals surface area contributed by atoms with Crippen molar-refractivity contribution in [2.24, 2.45) is 0 Å². The predicted octanol–water partition coefficient (Wildman–Crippen LogP) is -0.449. The first-order valence-corrected chi connectivity index (χ1v) is 11.6. The van der Waals surface area contributed by atoms with Crippen LogP contribution in [0.4, 0.5) is 0 Å². The molecule has 0 aromatic heterocycles. The number of hydrogen-bond acceptors (Lipinski definition) is 12. The van der Waals surface area contributed by atoms with Gasteiger partial charge < -0.3 is 43.9 Å². The Kier molecular flexibility index (Phi) is 6.78. The summed E-state index contributed by atoms with van der Waals surface area (Å²) in [7, 11) is -4.89. The van der Waals surface area contributed by atoms with Gasteiger partial charge in [-0.1, -0.05) is 12.1 Å². The van der Waals surface area contributed by atoms with Gasteiger partial charge in [-0.3, -0.25) is 9.35 Å². The quantitative estimate of drug-likeness (QED) is 0.261. The fourth-order valence-electron chi connectivity index (χ4n) is 3.81. The molecule has 6 atom stereocenters. The van der Waals surface area contributed by atoms with Gasteiger partial charge in [0.05, 0.1) is 6.42 Å². The molecule has 1 saturated heterocycles. The first kappa shape index (κ1) is 25.6. The molecule has 194 valence electrons. The van der Waals surface area contributed by atoms with Crippen LogP contribution in [0.1, 0.15) is 28.4 Å². The number of phenolic OH excluding ortho intramolecular Hbond substituents is 1. The van der Waals surface area contributed by atoms with E-state index in [0.717, 1.165) is 12.1 Å². The number of phenols is 1. The number of aliphatic hydroxyl groups excluding tert-OH is 3. The average molecular weight is 528 g/mol. The molecule has 0 aliphatic carbocycles. The van der Waals surface area contributed by atoms with Crippen LogP contribution < -0.4 is 13.7 Å². The standard InChI is InChI=1S/C21H20O14S/c22-11-5-10(35-36(29,30)31)6-14-15(11)12(23)7-13(33-14)8-1-3-9(4-2-8)32-21-18(26)16(24)17(25)19(34-21)20(27)28/h1-6,13,16-19,21-22,24-26H,7H2,(H,27,28)(H,29,30,31)/t13-,16-,17-,18+,19-,21+/m0/s1. The summed E-state index contributed by atoms with van der Waals surface area (Å²) in [4.78, 5) is 23.8. The van der Waals surface area contributed by atoms with Crippen LogP contribution in [-0.2, 0) is 19.9 Å². The number of carbonyl (C=O) groups excluding carboxylic acids is 1. The number of fused-ring (bicyclic) bond motifs is 1. The van der Waals surface area contributed by atoms with Gasteiger partial charge in [0, 0.05) is 12.1 Å². The van der Waals surface area contributed by atoms with Crippen molar-refractivity contribution in [1.29, 1.82) is 0 Å². The monoisotopic (exact) mass is 528 g/mol. The minimum Gasteiger partial charge on any atom is -0.507 e. The molecule has 1 fully saturated rings. The van der Waals surface area contributed by atoms with Crippen LogP contribution in [0.5, 0.6) is 23.0 Å². The van der Waals surface area contributed by atoms with E-state index in [4.69, 9.17) is 23.9 Å². The van der Waals surface area contributed by atoms with Crippen LogP contribution in [0.15, 0.2) is 36.4 Å². The van der Waals surface area contributed by atoms with E-state index in [1.807, 2.05) is 0 Å². The summed E-state index contributed by atoms with van der Waals surface area (Å²) in [6, 6.07) is 7.59. The van der Waals surface area contributed by atoms with Gasteiger partial charge >= 0.3 is 16.4 Å². The summed E-state index contributed by atoms with van der Waals surface area (Å²) >= 11 is 0. The Hall–Kier alpha value is -3.47. The molecule has 2 aromatic carbocycles. The van der Waals surface area contributed by atoms with Crippen molar-refractivity contribution in [3.8, 4) is 23.0 Å². The Morgan fingerprint density at radius 2 is 1.67 bits per heavy atom. The van der Waals surface area contributed by atoms with Crippen molar-refractivity contribution in [2.45, 2.75) is 43.2 Å². The van der Waals surface area contributed by atoms with Gasteiger partial charge in [0.2, 0.25) is 6.29 Å². The summed E-state index contributed by atoms with van der Waals surface area (Å²) in [5.74, 6) is -3.25. The van der Waals surface area contributed by atoms with E-state index in [9.17, 15) is 38.4 Å². The lowest BCUT2D eigenvalue weighted by atomic mass is 9.95. The molecule has 14 nitrogen and oxygen atoms in total. The SMILES string of the molecule is O=C1C[C@@H](c2ccc(O[C@@H]3O[C@H](C(=O)O)[C@@H](O)[C@H](O)[C@H]3O)cc2)Oc2cc(OS(=O)(=O)O)cc(O)c21. The largest absolute Gasteiger partial charge is 0.507 e. The maximum Gasteiger partial charge on any atom is 0.446 e. The van der Waals surface area contributed by atoms with Gasteiger partial charge in [0.1, 0.15) is 47.2 Å². The number of aromatic hydroxyl groups is 1. The minimum atomic E-state index is -4.89. The van der Waals surface area contributed by atoms with Gasteiger partial charge in [-0.25, -0.2) is 4.79 Å². The molecule has 2 heterocycles. The number of carboxylic acids is 1. The molecule has 36 heavy (non-hydrogen) atoms. The third kappa shape index (κ3) is 5.20. The van der Waals surface area contributed by atoms with Crippen LogP contribution in [0.2, 0.25) is 0 Å². The summed E-state index contributed by atoms with van der Waals surface area (Å²) in [6.45, 7) is 0. The molecule has 15 heteroatoms. The van der Waals surface area contributed by atoms with Crippen molar-refractivity contribution < 1.29 is 66.5 Å². The number of aliphatic hydroxyl groups is 3. The highest BCUT2D eigenvalue weighted by atomic mass is 32.3.